The van der Waals surface area contributed by atoms with E-state index in [1.165, 1.54) is 32.6 Å². The third-order valence-electron chi connectivity index (χ3n) is 1.30. The number of aliphatic hydroxyl groups excluding tert-OH is 1. The van der Waals surface area contributed by atoms with E-state index in [0.29, 0.717) is 6.61 Å². The molecule has 0 bridgehead atoms. The van der Waals surface area contributed by atoms with E-state index >= 15 is 0 Å². The van der Waals surface area contributed by atoms with Crippen LogP contribution in [0.2, 0.25) is 0 Å². The van der Waals surface area contributed by atoms with Crippen LogP contribution in [0.25, 0.3) is 0 Å². The van der Waals surface area contributed by atoms with Crippen molar-refractivity contribution in [3.8, 4) is 0 Å². The Hall–Kier alpha value is -0.230. The molecule has 0 aromatic rings. The molecular weight excluding hydrogens is 342 g/mol. The summed E-state index contributed by atoms with van der Waals surface area (Å²) < 4.78 is 3.65. The fourth-order valence-corrected chi connectivity index (χ4v) is 0.703. The summed E-state index contributed by atoms with van der Waals surface area (Å²) in [6.45, 7) is 7.87. The van der Waals surface area contributed by atoms with Crippen molar-refractivity contribution in [1.82, 2.24) is 0 Å². The molecule has 0 rings (SSSR count). The molecule has 0 spiro atoms. The smallest absolute Gasteiger partial charge is 0.302 e. The summed E-state index contributed by atoms with van der Waals surface area (Å²) in [5.41, 5.74) is 0. The number of alkyl halides is 3. The fraction of sp³-hybridized carbons (Fsp3) is 0.846. The first kappa shape index (κ1) is 32.6. The van der Waals surface area contributed by atoms with Gasteiger partial charge in [0.2, 0.25) is 0 Å². The summed E-state index contributed by atoms with van der Waals surface area (Å²) in [7, 11) is 1.00. The molecule has 8 heteroatoms. The highest BCUT2D eigenvalue weighted by atomic mass is 35.6. The third kappa shape index (κ3) is 188. The number of carbonyl (C=O) groups is 2. The topological polar surface area (TPSA) is 83.8 Å². The molecule has 0 saturated heterocycles. The third-order valence-corrected chi connectivity index (χ3v) is 1.30. The Labute approximate surface area is 143 Å². The predicted molar refractivity (Wildman–Crippen MR) is 90.3 cm³/mol. The highest BCUT2D eigenvalue weighted by Gasteiger charge is 1.81. The Morgan fingerprint density at radius 1 is 1.10 bits per heavy atom. The molecular formula is C13H29Cl3O5. The van der Waals surface area contributed by atoms with Gasteiger partial charge in [0, 0.05) is 14.0 Å². The summed E-state index contributed by atoms with van der Waals surface area (Å²) in [4.78, 5) is 18.2. The fourth-order valence-electron chi connectivity index (χ4n) is 0.703. The van der Waals surface area contributed by atoms with Crippen LogP contribution < -0.4 is 0 Å². The number of aliphatic hydroxyl groups is 1. The number of carboxylic acid groups (broad SMARTS) is 1. The normalized spacial score (nSPS) is 7.33. The average Bonchev–Trinajstić information content (AvgIpc) is 2.39. The van der Waals surface area contributed by atoms with Crippen molar-refractivity contribution in [2.24, 2.45) is 0 Å². The molecule has 0 radical (unpaired) electrons. The zero-order valence-electron chi connectivity index (χ0n) is 13.4. The van der Waals surface area contributed by atoms with Crippen LogP contribution >= 0.6 is 34.8 Å². The predicted octanol–water partition coefficient (Wildman–Crippen LogP) is 4.45. The lowest BCUT2D eigenvalue weighted by Gasteiger charge is -1.89. The number of halogens is 3. The molecule has 0 atom stereocenters. The number of unbranched alkanes of at least 4 members (excludes halogenated alkanes) is 3. The summed E-state index contributed by atoms with van der Waals surface area (Å²) in [5, 5.41) is 13.9. The largest absolute Gasteiger partial charge is 0.483 e. The van der Waals surface area contributed by atoms with Gasteiger partial charge in [-0.3, -0.25) is 9.59 Å². The van der Waals surface area contributed by atoms with Gasteiger partial charge in [0.05, 0.1) is 6.61 Å². The van der Waals surface area contributed by atoms with Gasteiger partial charge in [0.1, 0.15) is 0 Å². The van der Waals surface area contributed by atoms with E-state index in [1.807, 2.05) is 0 Å². The molecule has 2 N–H and O–H groups in total. The summed E-state index contributed by atoms with van der Waals surface area (Å²) in [6.07, 6.45) is 5.54. The summed E-state index contributed by atoms with van der Waals surface area (Å²) in [6, 6.07) is 0. The van der Waals surface area contributed by atoms with Gasteiger partial charge in [-0.1, -0.05) is 74.3 Å². The number of hydrogen-bond donors (Lipinski definition) is 2. The standard InChI is InChI=1S/C6H14.C4H8O2.CHCl3.CH2O2.CH4O/c1-3-5-6-4-2;1-3-6-4(2)5;2-1(3)4;2-1-3;1-2/h3-6H2,1-2H3;3H2,1-2H3;1H;1H,(H,2,3);2H,1H3. The minimum Gasteiger partial charge on any atom is -0.483 e. The Kier molecular flexibility index (Phi) is 66.4. The van der Waals surface area contributed by atoms with Gasteiger partial charge in [-0.05, 0) is 6.92 Å². The Morgan fingerprint density at radius 2 is 1.33 bits per heavy atom. The Balaban J connectivity index is -0.0000000537. The van der Waals surface area contributed by atoms with Crippen molar-refractivity contribution in [3.05, 3.63) is 0 Å². The van der Waals surface area contributed by atoms with Crippen LogP contribution in [0.15, 0.2) is 0 Å². The molecule has 0 aliphatic heterocycles. The van der Waals surface area contributed by atoms with Gasteiger partial charge in [0.25, 0.3) is 6.47 Å². The van der Waals surface area contributed by atoms with E-state index in [-0.39, 0.29) is 12.4 Å². The molecule has 0 aromatic carbocycles. The Bertz CT molecular complexity index is 163. The first-order valence-corrected chi connectivity index (χ1v) is 7.72. The van der Waals surface area contributed by atoms with E-state index in [0.717, 1.165) is 7.11 Å². The highest BCUT2D eigenvalue weighted by Crippen LogP contribution is 2.03. The second-order valence-electron chi connectivity index (χ2n) is 2.98. The molecule has 0 aliphatic rings. The van der Waals surface area contributed by atoms with E-state index < -0.39 is 4.30 Å². The lowest BCUT2D eigenvalue weighted by molar-refractivity contribution is -0.140. The SMILES string of the molecule is CCCCCC.CCOC(C)=O.CO.ClC(Cl)Cl.O=CO. The minimum atomic E-state index is -0.750. The highest BCUT2D eigenvalue weighted by molar-refractivity contribution is 6.63. The lowest BCUT2D eigenvalue weighted by Crippen LogP contribution is -1.95. The maximum Gasteiger partial charge on any atom is 0.302 e. The second-order valence-corrected chi connectivity index (χ2v) is 4.96. The molecule has 5 nitrogen and oxygen atoms in total. The molecule has 0 unspecified atom stereocenters. The van der Waals surface area contributed by atoms with Gasteiger partial charge in [-0.2, -0.15) is 0 Å². The average molecular weight is 372 g/mol. The van der Waals surface area contributed by atoms with Crippen LogP contribution in [-0.4, -0.2) is 40.7 Å². The molecule has 0 aromatic heterocycles. The van der Waals surface area contributed by atoms with Crippen molar-refractivity contribution in [1.29, 1.82) is 0 Å². The van der Waals surface area contributed by atoms with E-state index in [9.17, 15) is 4.79 Å². The van der Waals surface area contributed by atoms with E-state index in [4.69, 9.17) is 49.8 Å². The first-order valence-electron chi connectivity index (χ1n) is 6.41. The maximum absolute atomic E-state index is 9.82. The second kappa shape index (κ2) is 42.7. The molecule has 132 valence electrons. The van der Waals surface area contributed by atoms with Crippen LogP contribution in [-0.2, 0) is 14.3 Å². The molecule has 0 fully saturated rings. The van der Waals surface area contributed by atoms with Gasteiger partial charge < -0.3 is 14.9 Å². The van der Waals surface area contributed by atoms with Crippen molar-refractivity contribution in [2.75, 3.05) is 13.7 Å². The maximum atomic E-state index is 9.82. The molecule has 0 amide bonds. The molecule has 0 heterocycles. The number of rotatable bonds is 4. The minimum absolute atomic E-state index is 0.211. The van der Waals surface area contributed by atoms with Crippen LogP contribution in [0.1, 0.15) is 53.4 Å². The van der Waals surface area contributed by atoms with Crippen LogP contribution in [0.5, 0.6) is 0 Å². The summed E-state index contributed by atoms with van der Waals surface area (Å²) in [5.74, 6) is -0.211. The quantitative estimate of drug-likeness (QED) is 0.330. The van der Waals surface area contributed by atoms with Crippen LogP contribution in [0.4, 0.5) is 0 Å². The number of ether oxygens (including phenoxy) is 1. The molecule has 0 saturated carbocycles. The molecule has 0 aliphatic carbocycles. The van der Waals surface area contributed by atoms with E-state index in [2.05, 4.69) is 18.6 Å². The van der Waals surface area contributed by atoms with Gasteiger partial charge in [-0.15, -0.1) is 0 Å². The monoisotopic (exact) mass is 370 g/mol. The van der Waals surface area contributed by atoms with Gasteiger partial charge >= 0.3 is 5.97 Å². The van der Waals surface area contributed by atoms with Crippen LogP contribution in [0.3, 0.4) is 0 Å². The number of hydrogen-bond acceptors (Lipinski definition) is 4. The van der Waals surface area contributed by atoms with Crippen molar-refractivity contribution in [3.63, 3.8) is 0 Å². The number of carbonyl (C=O) groups excluding carboxylic acids is 1. The number of esters is 1. The first-order chi connectivity index (χ1) is 9.83. The van der Waals surface area contributed by atoms with Crippen LogP contribution in [0, 0.1) is 0 Å². The lowest BCUT2D eigenvalue weighted by atomic mass is 10.2. The zero-order chi connectivity index (χ0) is 18.1. The van der Waals surface area contributed by atoms with Gasteiger partial charge in [0.15, 0.2) is 4.30 Å². The van der Waals surface area contributed by atoms with Gasteiger partial charge in [-0.25, -0.2) is 0 Å². The molecule has 21 heavy (non-hydrogen) atoms. The Morgan fingerprint density at radius 3 is 1.38 bits per heavy atom. The van der Waals surface area contributed by atoms with Crippen molar-refractivity contribution in [2.45, 2.75) is 57.7 Å². The van der Waals surface area contributed by atoms with Crippen molar-refractivity contribution < 1.29 is 24.5 Å². The zero-order valence-corrected chi connectivity index (χ0v) is 15.7. The van der Waals surface area contributed by atoms with Crippen molar-refractivity contribution >= 4 is 47.2 Å². The summed E-state index contributed by atoms with van der Waals surface area (Å²) >= 11 is 14.4. The van der Waals surface area contributed by atoms with E-state index in [1.54, 1.807) is 6.92 Å².